The lowest BCUT2D eigenvalue weighted by Gasteiger charge is -2.22. The molecule has 1 N–H and O–H groups in total. The highest BCUT2D eigenvalue weighted by atomic mass is 16.5. The molecule has 3 aromatic rings. The Labute approximate surface area is 173 Å². The van der Waals surface area contributed by atoms with E-state index in [0.717, 1.165) is 29.4 Å². The molecule has 1 aliphatic carbocycles. The molecule has 8 heteroatoms. The summed E-state index contributed by atoms with van der Waals surface area (Å²) >= 11 is 0. The molecule has 152 valence electrons. The Hall–Kier alpha value is -3.73. The van der Waals surface area contributed by atoms with Crippen LogP contribution in [-0.4, -0.2) is 39.0 Å². The van der Waals surface area contributed by atoms with Crippen molar-refractivity contribution >= 4 is 22.9 Å². The molecule has 1 atom stereocenters. The third kappa shape index (κ3) is 4.15. The number of rotatable bonds is 7. The van der Waals surface area contributed by atoms with Crippen molar-refractivity contribution in [1.29, 1.82) is 5.26 Å². The number of fused-ring (bicyclic) bond motifs is 1. The second-order valence-corrected chi connectivity index (χ2v) is 7.65. The zero-order valence-electron chi connectivity index (χ0n) is 16.5. The van der Waals surface area contributed by atoms with E-state index in [2.05, 4.69) is 21.7 Å². The Balaban J connectivity index is 1.33. The molecule has 1 aromatic heterocycles. The zero-order chi connectivity index (χ0) is 21.1. The molecule has 1 fully saturated rings. The zero-order valence-corrected chi connectivity index (χ0v) is 16.5. The first-order valence-corrected chi connectivity index (χ1v) is 9.75. The molecule has 2 aromatic carbocycles. The summed E-state index contributed by atoms with van der Waals surface area (Å²) in [4.78, 5) is 24.3. The van der Waals surface area contributed by atoms with Gasteiger partial charge in [-0.2, -0.15) is 5.26 Å². The van der Waals surface area contributed by atoms with Crippen molar-refractivity contribution in [3.63, 3.8) is 0 Å². The van der Waals surface area contributed by atoms with Crippen molar-refractivity contribution < 1.29 is 14.3 Å². The SMILES string of the molecule is C[C@](C#N)(NC(=O)COC(=O)c1ccc(Cn2nnc3ccccc32)cc1)C1CC1. The van der Waals surface area contributed by atoms with E-state index in [4.69, 9.17) is 4.74 Å². The number of nitriles is 1. The normalized spacial score (nSPS) is 15.2. The smallest absolute Gasteiger partial charge is 0.338 e. The molecule has 0 spiro atoms. The molecular formula is C22H21N5O3. The van der Waals surface area contributed by atoms with Crippen LogP contribution in [0.15, 0.2) is 48.5 Å². The molecule has 0 aliphatic heterocycles. The van der Waals surface area contributed by atoms with Gasteiger partial charge in [-0.1, -0.05) is 29.5 Å². The van der Waals surface area contributed by atoms with Crippen molar-refractivity contribution in [1.82, 2.24) is 20.3 Å². The van der Waals surface area contributed by atoms with E-state index in [0.29, 0.717) is 12.1 Å². The molecule has 1 heterocycles. The number of para-hydroxylation sites is 1. The fourth-order valence-electron chi connectivity index (χ4n) is 3.38. The number of carbonyl (C=O) groups excluding carboxylic acids is 2. The first kappa shape index (κ1) is 19.6. The Morgan fingerprint density at radius 3 is 2.67 bits per heavy atom. The van der Waals surface area contributed by atoms with Gasteiger partial charge in [0, 0.05) is 0 Å². The molecule has 30 heavy (non-hydrogen) atoms. The Morgan fingerprint density at radius 2 is 1.97 bits per heavy atom. The van der Waals surface area contributed by atoms with Crippen molar-refractivity contribution in [2.24, 2.45) is 5.92 Å². The predicted molar refractivity (Wildman–Crippen MR) is 108 cm³/mol. The van der Waals surface area contributed by atoms with Gasteiger partial charge in [-0.15, -0.1) is 5.10 Å². The highest BCUT2D eigenvalue weighted by Gasteiger charge is 2.43. The van der Waals surface area contributed by atoms with E-state index in [9.17, 15) is 14.9 Å². The summed E-state index contributed by atoms with van der Waals surface area (Å²) in [6.45, 7) is 1.79. The predicted octanol–water partition coefficient (Wildman–Crippen LogP) is 2.44. The molecule has 0 unspecified atom stereocenters. The molecule has 1 saturated carbocycles. The number of ether oxygens (including phenoxy) is 1. The lowest BCUT2D eigenvalue weighted by molar-refractivity contribution is -0.125. The van der Waals surface area contributed by atoms with E-state index in [-0.39, 0.29) is 5.92 Å². The number of nitrogens with one attached hydrogen (secondary N) is 1. The van der Waals surface area contributed by atoms with Gasteiger partial charge >= 0.3 is 5.97 Å². The summed E-state index contributed by atoms with van der Waals surface area (Å²) in [5.41, 5.74) is 2.15. The van der Waals surface area contributed by atoms with Crippen LogP contribution < -0.4 is 5.32 Å². The number of esters is 1. The highest BCUT2D eigenvalue weighted by molar-refractivity contribution is 5.91. The number of benzene rings is 2. The van der Waals surface area contributed by atoms with Crippen LogP contribution in [0.3, 0.4) is 0 Å². The van der Waals surface area contributed by atoms with Gasteiger partial charge in [0.05, 0.1) is 23.7 Å². The number of hydrogen-bond donors (Lipinski definition) is 1. The molecule has 0 saturated heterocycles. The highest BCUT2D eigenvalue weighted by Crippen LogP contribution is 2.39. The average molecular weight is 403 g/mol. The largest absolute Gasteiger partial charge is 0.452 e. The summed E-state index contributed by atoms with van der Waals surface area (Å²) in [5, 5.41) is 20.2. The second kappa shape index (κ2) is 7.95. The summed E-state index contributed by atoms with van der Waals surface area (Å²) in [7, 11) is 0. The minimum absolute atomic E-state index is 0.164. The number of aromatic nitrogens is 3. The first-order chi connectivity index (χ1) is 14.5. The van der Waals surface area contributed by atoms with Crippen LogP contribution in [0.25, 0.3) is 11.0 Å². The van der Waals surface area contributed by atoms with Crippen LogP contribution in [0.2, 0.25) is 0 Å². The molecule has 1 amide bonds. The molecule has 1 aliphatic rings. The molecule has 4 rings (SSSR count). The number of hydrogen-bond acceptors (Lipinski definition) is 6. The van der Waals surface area contributed by atoms with E-state index in [1.807, 2.05) is 36.4 Å². The average Bonchev–Trinajstić information content (AvgIpc) is 3.55. The maximum Gasteiger partial charge on any atom is 0.338 e. The quantitative estimate of drug-likeness (QED) is 0.607. The summed E-state index contributed by atoms with van der Waals surface area (Å²) in [6, 6.07) is 16.8. The van der Waals surface area contributed by atoms with Crippen LogP contribution in [-0.2, 0) is 16.1 Å². The number of carbonyl (C=O) groups is 2. The van der Waals surface area contributed by atoms with Gasteiger partial charge in [0.25, 0.3) is 5.91 Å². The molecule has 8 nitrogen and oxygen atoms in total. The monoisotopic (exact) mass is 403 g/mol. The van der Waals surface area contributed by atoms with Gasteiger partial charge in [-0.3, -0.25) is 4.79 Å². The van der Waals surface area contributed by atoms with Gasteiger partial charge in [-0.05, 0) is 55.5 Å². The molecule has 0 radical (unpaired) electrons. The number of amides is 1. The van der Waals surface area contributed by atoms with Crippen LogP contribution >= 0.6 is 0 Å². The minimum Gasteiger partial charge on any atom is -0.452 e. The lowest BCUT2D eigenvalue weighted by Crippen LogP contribution is -2.48. The van der Waals surface area contributed by atoms with Gasteiger partial charge in [0.2, 0.25) is 0 Å². The Bertz CT molecular complexity index is 1130. The summed E-state index contributed by atoms with van der Waals surface area (Å²) in [5.74, 6) is -0.904. The Kier molecular flexibility index (Phi) is 5.19. The van der Waals surface area contributed by atoms with Crippen LogP contribution in [0, 0.1) is 17.2 Å². The first-order valence-electron chi connectivity index (χ1n) is 9.75. The fourth-order valence-corrected chi connectivity index (χ4v) is 3.38. The second-order valence-electron chi connectivity index (χ2n) is 7.65. The number of nitrogens with zero attached hydrogens (tertiary/aromatic N) is 4. The van der Waals surface area contributed by atoms with Gasteiger partial charge < -0.3 is 10.1 Å². The van der Waals surface area contributed by atoms with Crippen LogP contribution in [0.1, 0.15) is 35.7 Å². The lowest BCUT2D eigenvalue weighted by atomic mass is 9.98. The maximum atomic E-state index is 12.2. The van der Waals surface area contributed by atoms with Crippen molar-refractivity contribution in [2.45, 2.75) is 31.8 Å². The van der Waals surface area contributed by atoms with Gasteiger partial charge in [0.1, 0.15) is 11.1 Å². The molecular weight excluding hydrogens is 382 g/mol. The van der Waals surface area contributed by atoms with Gasteiger partial charge in [-0.25, -0.2) is 9.48 Å². The summed E-state index contributed by atoms with van der Waals surface area (Å²) < 4.78 is 6.89. The van der Waals surface area contributed by atoms with Crippen molar-refractivity contribution in [3.05, 3.63) is 59.7 Å². The van der Waals surface area contributed by atoms with E-state index >= 15 is 0 Å². The standard InChI is InChI=1S/C22H21N5O3/c1-22(14-23,17-10-11-17)24-20(28)13-30-21(29)16-8-6-15(7-9-16)12-27-19-5-3-2-4-18(19)25-26-27/h2-9,17H,10-13H2,1H3,(H,24,28)/t22-/m1/s1. The van der Waals surface area contributed by atoms with E-state index in [1.54, 1.807) is 23.7 Å². The van der Waals surface area contributed by atoms with E-state index < -0.39 is 24.0 Å². The van der Waals surface area contributed by atoms with Crippen LogP contribution in [0.4, 0.5) is 0 Å². The third-order valence-electron chi connectivity index (χ3n) is 5.30. The van der Waals surface area contributed by atoms with E-state index in [1.165, 1.54) is 0 Å². The maximum absolute atomic E-state index is 12.2. The third-order valence-corrected chi connectivity index (χ3v) is 5.30. The fraction of sp³-hybridized carbons (Fsp3) is 0.318. The topological polar surface area (TPSA) is 110 Å². The molecule has 0 bridgehead atoms. The minimum atomic E-state index is -0.906. The Morgan fingerprint density at radius 1 is 1.23 bits per heavy atom. The van der Waals surface area contributed by atoms with Crippen molar-refractivity contribution in [3.8, 4) is 6.07 Å². The van der Waals surface area contributed by atoms with Crippen LogP contribution in [0.5, 0.6) is 0 Å². The summed E-state index contributed by atoms with van der Waals surface area (Å²) in [6.07, 6.45) is 1.84. The van der Waals surface area contributed by atoms with Gasteiger partial charge in [0.15, 0.2) is 6.61 Å². The van der Waals surface area contributed by atoms with Crippen molar-refractivity contribution in [2.75, 3.05) is 6.61 Å².